The molecule has 2 aromatic carbocycles. The highest BCUT2D eigenvalue weighted by molar-refractivity contribution is 9.10. The lowest BCUT2D eigenvalue weighted by Crippen LogP contribution is -2.05. The molecule has 0 aliphatic heterocycles. The minimum absolute atomic E-state index is 0.0278. The molecule has 0 fully saturated rings. The first-order valence-corrected chi connectivity index (χ1v) is 6.79. The van der Waals surface area contributed by atoms with Gasteiger partial charge in [0.1, 0.15) is 0 Å². The molecule has 0 spiro atoms. The second-order valence-corrected chi connectivity index (χ2v) is 5.39. The fourth-order valence-corrected chi connectivity index (χ4v) is 2.52. The number of azide groups is 1. The highest BCUT2D eigenvalue weighted by Gasteiger charge is 2.14. The Morgan fingerprint density at radius 3 is 2.25 bits per heavy atom. The smallest absolute Gasteiger partial charge is 0.193 e. The SMILES string of the molecule is Cc1cc(Br)ccc1C(=O)c1ccc(N=[N+]=[N-])cc1C. The molecule has 0 N–H and O–H groups in total. The van der Waals surface area contributed by atoms with E-state index < -0.39 is 0 Å². The van der Waals surface area contributed by atoms with Crippen LogP contribution >= 0.6 is 15.9 Å². The van der Waals surface area contributed by atoms with Gasteiger partial charge in [0.15, 0.2) is 5.78 Å². The monoisotopic (exact) mass is 329 g/mol. The van der Waals surface area contributed by atoms with Crippen LogP contribution in [0.1, 0.15) is 27.0 Å². The average molecular weight is 330 g/mol. The summed E-state index contributed by atoms with van der Waals surface area (Å²) in [5, 5.41) is 3.53. The Hall–Kier alpha value is -2.10. The van der Waals surface area contributed by atoms with Crippen molar-refractivity contribution in [2.75, 3.05) is 0 Å². The number of benzene rings is 2. The first-order chi connectivity index (χ1) is 9.52. The first-order valence-electron chi connectivity index (χ1n) is 5.99. The molecule has 20 heavy (non-hydrogen) atoms. The minimum atomic E-state index is -0.0278. The zero-order valence-corrected chi connectivity index (χ0v) is 12.7. The van der Waals surface area contributed by atoms with Crippen molar-refractivity contribution in [2.45, 2.75) is 13.8 Å². The molecule has 0 aromatic heterocycles. The van der Waals surface area contributed by atoms with Gasteiger partial charge in [-0.25, -0.2) is 0 Å². The van der Waals surface area contributed by atoms with E-state index in [1.54, 1.807) is 18.2 Å². The van der Waals surface area contributed by atoms with Crippen molar-refractivity contribution < 1.29 is 4.79 Å². The van der Waals surface area contributed by atoms with Crippen molar-refractivity contribution in [2.24, 2.45) is 5.11 Å². The molecule has 0 saturated carbocycles. The van der Waals surface area contributed by atoms with Crippen molar-refractivity contribution in [1.82, 2.24) is 0 Å². The maximum Gasteiger partial charge on any atom is 0.193 e. The van der Waals surface area contributed by atoms with Crippen molar-refractivity contribution in [3.05, 3.63) is 73.6 Å². The van der Waals surface area contributed by atoms with Gasteiger partial charge in [-0.05, 0) is 54.8 Å². The zero-order valence-electron chi connectivity index (χ0n) is 11.1. The van der Waals surface area contributed by atoms with E-state index in [1.807, 2.05) is 32.0 Å². The van der Waals surface area contributed by atoms with Crippen molar-refractivity contribution >= 4 is 27.4 Å². The lowest BCUT2D eigenvalue weighted by atomic mass is 9.96. The van der Waals surface area contributed by atoms with Crippen molar-refractivity contribution in [3.63, 3.8) is 0 Å². The average Bonchev–Trinajstić information content (AvgIpc) is 2.38. The van der Waals surface area contributed by atoms with Crippen LogP contribution in [0.15, 0.2) is 46.0 Å². The summed E-state index contributed by atoms with van der Waals surface area (Å²) in [6, 6.07) is 10.6. The third-order valence-electron chi connectivity index (χ3n) is 3.05. The first kappa shape index (κ1) is 14.3. The highest BCUT2D eigenvalue weighted by atomic mass is 79.9. The molecule has 100 valence electrons. The molecule has 4 nitrogen and oxygen atoms in total. The molecule has 0 saturated heterocycles. The van der Waals surface area contributed by atoms with Crippen LogP contribution in [0.2, 0.25) is 0 Å². The number of carbonyl (C=O) groups excluding carboxylic acids is 1. The summed E-state index contributed by atoms with van der Waals surface area (Å²) >= 11 is 3.39. The van der Waals surface area contributed by atoms with Crippen molar-refractivity contribution in [1.29, 1.82) is 0 Å². The summed E-state index contributed by atoms with van der Waals surface area (Å²) in [5.74, 6) is -0.0278. The molecule has 0 heterocycles. The molecule has 0 bridgehead atoms. The van der Waals surface area contributed by atoms with E-state index in [1.165, 1.54) is 0 Å². The van der Waals surface area contributed by atoms with Gasteiger partial charge in [-0.15, -0.1) is 0 Å². The summed E-state index contributed by atoms with van der Waals surface area (Å²) in [4.78, 5) is 15.3. The Kier molecular flexibility index (Phi) is 4.23. The number of hydrogen-bond donors (Lipinski definition) is 0. The number of halogens is 1. The number of ketones is 1. The third-order valence-corrected chi connectivity index (χ3v) is 3.54. The normalized spacial score (nSPS) is 9.95. The predicted molar refractivity (Wildman–Crippen MR) is 82.3 cm³/mol. The molecular weight excluding hydrogens is 318 g/mol. The van der Waals surface area contributed by atoms with Gasteiger partial charge in [0.05, 0.1) is 0 Å². The van der Waals surface area contributed by atoms with Crippen molar-refractivity contribution in [3.8, 4) is 0 Å². The number of aryl methyl sites for hydroxylation is 2. The second kappa shape index (κ2) is 5.90. The van der Waals surface area contributed by atoms with Crippen LogP contribution in [0.4, 0.5) is 5.69 Å². The van der Waals surface area contributed by atoms with E-state index in [-0.39, 0.29) is 5.78 Å². The maximum absolute atomic E-state index is 12.5. The van der Waals surface area contributed by atoms with Crippen LogP contribution in [0, 0.1) is 13.8 Å². The van der Waals surface area contributed by atoms with Gasteiger partial charge in [0.2, 0.25) is 0 Å². The number of rotatable bonds is 3. The van der Waals surface area contributed by atoms with Gasteiger partial charge in [0, 0.05) is 26.2 Å². The molecule has 0 radical (unpaired) electrons. The Morgan fingerprint density at radius 2 is 1.70 bits per heavy atom. The molecule has 2 rings (SSSR count). The molecular formula is C15H12BrN3O. The summed E-state index contributed by atoms with van der Waals surface area (Å²) < 4.78 is 0.946. The quantitative estimate of drug-likeness (QED) is 0.328. The van der Waals surface area contributed by atoms with Crippen LogP contribution < -0.4 is 0 Å². The van der Waals surface area contributed by atoms with Crippen LogP contribution in [0.25, 0.3) is 10.4 Å². The topological polar surface area (TPSA) is 65.8 Å². The Balaban J connectivity index is 2.45. The third kappa shape index (κ3) is 2.90. The standard InChI is InChI=1S/C15H12BrN3O/c1-9-7-11(16)3-5-13(9)15(20)14-6-4-12(18-19-17)8-10(14)2/h3-8H,1-2H3. The maximum atomic E-state index is 12.5. The van der Waals surface area contributed by atoms with Gasteiger partial charge in [-0.1, -0.05) is 33.2 Å². The minimum Gasteiger partial charge on any atom is -0.289 e. The number of hydrogen-bond acceptors (Lipinski definition) is 2. The lowest BCUT2D eigenvalue weighted by molar-refractivity contribution is 0.103. The van der Waals surface area contributed by atoms with E-state index in [0.29, 0.717) is 16.8 Å². The van der Waals surface area contributed by atoms with Gasteiger partial charge in [-0.2, -0.15) is 0 Å². The van der Waals surface area contributed by atoms with E-state index >= 15 is 0 Å². The molecule has 0 aliphatic rings. The molecule has 5 heteroatoms. The Bertz CT molecular complexity index is 734. The lowest BCUT2D eigenvalue weighted by Gasteiger charge is -2.08. The largest absolute Gasteiger partial charge is 0.289 e. The van der Waals surface area contributed by atoms with Crippen LogP contribution in [-0.2, 0) is 0 Å². The van der Waals surface area contributed by atoms with Gasteiger partial charge in [-0.3, -0.25) is 4.79 Å². The fraction of sp³-hybridized carbons (Fsp3) is 0.133. The zero-order chi connectivity index (χ0) is 14.7. The summed E-state index contributed by atoms with van der Waals surface area (Å²) in [5.41, 5.74) is 11.9. The number of carbonyl (C=O) groups is 1. The molecule has 0 aliphatic carbocycles. The van der Waals surface area contributed by atoms with Gasteiger partial charge >= 0.3 is 0 Å². The number of nitrogens with zero attached hydrogens (tertiary/aromatic N) is 3. The summed E-state index contributed by atoms with van der Waals surface area (Å²) in [7, 11) is 0. The van der Waals surface area contributed by atoms with Gasteiger partial charge < -0.3 is 0 Å². The van der Waals surface area contributed by atoms with E-state index in [0.717, 1.165) is 15.6 Å². The second-order valence-electron chi connectivity index (χ2n) is 4.48. The summed E-state index contributed by atoms with van der Waals surface area (Å²) in [6.45, 7) is 3.74. The van der Waals surface area contributed by atoms with E-state index in [9.17, 15) is 4.79 Å². The Morgan fingerprint density at radius 1 is 1.10 bits per heavy atom. The highest BCUT2D eigenvalue weighted by Crippen LogP contribution is 2.23. The van der Waals surface area contributed by atoms with E-state index in [2.05, 4.69) is 26.0 Å². The van der Waals surface area contributed by atoms with Gasteiger partial charge in [0.25, 0.3) is 0 Å². The summed E-state index contributed by atoms with van der Waals surface area (Å²) in [6.07, 6.45) is 0. The van der Waals surface area contributed by atoms with E-state index in [4.69, 9.17) is 5.53 Å². The molecule has 2 aromatic rings. The van der Waals surface area contributed by atoms with Crippen LogP contribution in [0.5, 0.6) is 0 Å². The van der Waals surface area contributed by atoms with Crippen LogP contribution in [-0.4, -0.2) is 5.78 Å². The molecule has 0 atom stereocenters. The van der Waals surface area contributed by atoms with Crippen LogP contribution in [0.3, 0.4) is 0 Å². The predicted octanol–water partition coefficient (Wildman–Crippen LogP) is 5.24. The fourth-order valence-electron chi connectivity index (χ4n) is 2.04. The Labute approximate surface area is 125 Å². The molecule has 0 amide bonds. The molecule has 0 unspecified atom stereocenters.